The maximum Gasteiger partial charge on any atom is 0.190 e. The van der Waals surface area contributed by atoms with E-state index in [1.165, 1.54) is 0 Å². The van der Waals surface area contributed by atoms with E-state index in [0.29, 0.717) is 11.1 Å². The number of benzene rings is 2. The molecule has 3 aliphatic rings. The molecule has 2 saturated carbocycles. The molecule has 2 aromatic rings. The minimum Gasteiger partial charge on any atom is -0.507 e. The van der Waals surface area contributed by atoms with Gasteiger partial charge >= 0.3 is 0 Å². The predicted molar refractivity (Wildman–Crippen MR) is 162 cm³/mol. The molecule has 0 bridgehead atoms. The quantitative estimate of drug-likeness (QED) is 0.357. The van der Waals surface area contributed by atoms with Crippen LogP contribution in [0, 0.1) is 34.5 Å². The van der Waals surface area contributed by atoms with Crippen molar-refractivity contribution in [2.45, 2.75) is 72.8 Å². The zero-order chi connectivity index (χ0) is 31.8. The molecule has 2 aromatic carbocycles. The number of aromatic hydroxyl groups is 1. The lowest BCUT2D eigenvalue weighted by molar-refractivity contribution is -0.205. The van der Waals surface area contributed by atoms with Crippen LogP contribution in [0.2, 0.25) is 0 Å². The molecule has 7 heteroatoms. The highest BCUT2D eigenvalue weighted by atomic mass is 16.3. The summed E-state index contributed by atoms with van der Waals surface area (Å²) in [7, 11) is 0. The SMILES string of the molecule is CC(=O)C1C(=O)C(C(C)C)[C@@]2(C)C[C@@]3(C)Cc4c(C(C)C)cc(/C=C/c5ccccc5)c(O)c4C(=O)C3C(=O)[C@@]2(O)C1=O. The first-order valence-electron chi connectivity index (χ1n) is 15.0. The average Bonchev–Trinajstić information content (AvgIpc) is 2.90. The Morgan fingerprint density at radius 3 is 2.16 bits per heavy atom. The number of hydrogen-bond donors (Lipinski definition) is 2. The standard InChI is InChI=1S/C36H40O7/c1-18(2)23-15-22(14-13-21-11-9-8-10-12-21)29(38)26-24(23)16-34(6)17-35(7)27(19(3)4)30(39)25(20(5)37)32(41)36(35,43)33(42)28(34)31(26)40/h8-15,18-19,25,27-28,38,43H,16-17H2,1-7H3/b14-13+/t25?,27?,28?,34-,35-,36+/m1/s1. The van der Waals surface area contributed by atoms with Gasteiger partial charge in [0.25, 0.3) is 0 Å². The fourth-order valence-corrected chi connectivity index (χ4v) is 8.65. The minimum atomic E-state index is -2.70. The Bertz CT molecular complexity index is 1600. The van der Waals surface area contributed by atoms with Crippen LogP contribution in [0.4, 0.5) is 0 Å². The van der Waals surface area contributed by atoms with Crippen LogP contribution in [0.5, 0.6) is 5.75 Å². The maximum atomic E-state index is 14.5. The van der Waals surface area contributed by atoms with E-state index in [0.717, 1.165) is 18.1 Å². The molecule has 2 fully saturated rings. The number of fused-ring (bicyclic) bond motifs is 3. The molecule has 6 atom stereocenters. The van der Waals surface area contributed by atoms with E-state index in [2.05, 4.69) is 0 Å². The molecular weight excluding hydrogens is 544 g/mol. The van der Waals surface area contributed by atoms with Gasteiger partial charge in [-0.1, -0.05) is 84.0 Å². The molecular formula is C36H40O7. The highest BCUT2D eigenvalue weighted by Crippen LogP contribution is 2.64. The summed E-state index contributed by atoms with van der Waals surface area (Å²) in [4.78, 5) is 69.1. The van der Waals surface area contributed by atoms with Crippen molar-refractivity contribution in [3.8, 4) is 5.75 Å². The molecule has 0 heterocycles. The lowest BCUT2D eigenvalue weighted by Gasteiger charge is -2.62. The summed E-state index contributed by atoms with van der Waals surface area (Å²) >= 11 is 0. The van der Waals surface area contributed by atoms with Gasteiger partial charge in [0.05, 0.1) is 11.5 Å². The molecule has 0 amide bonds. The first kappa shape index (κ1) is 30.7. The van der Waals surface area contributed by atoms with Gasteiger partial charge in [0, 0.05) is 16.9 Å². The minimum absolute atomic E-state index is 0.0180. The lowest BCUT2D eigenvalue weighted by Crippen LogP contribution is -2.76. The number of hydrogen-bond acceptors (Lipinski definition) is 7. The molecule has 0 saturated heterocycles. The van der Waals surface area contributed by atoms with Gasteiger partial charge in [0.1, 0.15) is 17.5 Å². The molecule has 3 aliphatic carbocycles. The van der Waals surface area contributed by atoms with Gasteiger partial charge in [-0.05, 0) is 59.8 Å². The highest BCUT2D eigenvalue weighted by Gasteiger charge is 2.76. The normalized spacial score (nSPS) is 32.3. The molecule has 0 radical (unpaired) electrons. The highest BCUT2D eigenvalue weighted by molar-refractivity contribution is 6.32. The van der Waals surface area contributed by atoms with Crippen molar-refractivity contribution in [1.29, 1.82) is 0 Å². The average molecular weight is 585 g/mol. The zero-order valence-electron chi connectivity index (χ0n) is 25.9. The predicted octanol–water partition coefficient (Wildman–Crippen LogP) is 5.39. The van der Waals surface area contributed by atoms with Crippen LogP contribution in [0.3, 0.4) is 0 Å². The Morgan fingerprint density at radius 2 is 1.60 bits per heavy atom. The summed E-state index contributed by atoms with van der Waals surface area (Å²) in [5.41, 5.74) is -2.42. The molecule has 3 unspecified atom stereocenters. The summed E-state index contributed by atoms with van der Waals surface area (Å²) in [5.74, 6) is -8.88. The Hall–Kier alpha value is -3.71. The summed E-state index contributed by atoms with van der Waals surface area (Å²) in [6, 6.07) is 11.4. The molecule has 43 heavy (non-hydrogen) atoms. The number of carbonyl (C=O) groups excluding carboxylic acids is 5. The van der Waals surface area contributed by atoms with Crippen molar-refractivity contribution in [2.75, 3.05) is 0 Å². The van der Waals surface area contributed by atoms with Gasteiger partial charge in [-0.25, -0.2) is 0 Å². The summed E-state index contributed by atoms with van der Waals surface area (Å²) in [6.07, 6.45) is 3.83. The van der Waals surface area contributed by atoms with Crippen molar-refractivity contribution >= 4 is 41.1 Å². The Balaban J connectivity index is 1.72. The van der Waals surface area contributed by atoms with Gasteiger partial charge < -0.3 is 10.2 Å². The van der Waals surface area contributed by atoms with Crippen LogP contribution in [0.1, 0.15) is 93.4 Å². The van der Waals surface area contributed by atoms with Crippen LogP contribution >= 0.6 is 0 Å². The Kier molecular flexibility index (Phi) is 7.28. The summed E-state index contributed by atoms with van der Waals surface area (Å²) in [5, 5.41) is 23.7. The Labute approximate surface area is 252 Å². The second-order valence-corrected chi connectivity index (χ2v) is 14.0. The number of ketones is 5. The first-order valence-corrected chi connectivity index (χ1v) is 15.0. The van der Waals surface area contributed by atoms with E-state index in [-0.39, 0.29) is 36.0 Å². The summed E-state index contributed by atoms with van der Waals surface area (Å²) < 4.78 is 0. The van der Waals surface area contributed by atoms with Crippen molar-refractivity contribution < 1.29 is 34.2 Å². The topological polar surface area (TPSA) is 126 Å². The van der Waals surface area contributed by atoms with E-state index in [4.69, 9.17) is 0 Å². The van der Waals surface area contributed by atoms with Crippen molar-refractivity contribution in [3.63, 3.8) is 0 Å². The van der Waals surface area contributed by atoms with Crippen LogP contribution < -0.4 is 0 Å². The van der Waals surface area contributed by atoms with Gasteiger partial charge in [-0.3, -0.25) is 24.0 Å². The fourth-order valence-electron chi connectivity index (χ4n) is 8.65. The second-order valence-electron chi connectivity index (χ2n) is 14.0. The molecule has 0 aromatic heterocycles. The van der Waals surface area contributed by atoms with E-state index in [9.17, 15) is 34.2 Å². The van der Waals surface area contributed by atoms with Gasteiger partial charge in [-0.15, -0.1) is 0 Å². The third kappa shape index (κ3) is 4.22. The fraction of sp³-hybridized carbons (Fsp3) is 0.472. The zero-order valence-corrected chi connectivity index (χ0v) is 25.9. The van der Waals surface area contributed by atoms with Crippen LogP contribution in [-0.2, 0) is 25.6 Å². The number of phenolic OH excluding ortho intramolecular Hbond substituents is 1. The number of phenols is 1. The van der Waals surface area contributed by atoms with E-state index < -0.39 is 63.1 Å². The molecule has 0 aliphatic heterocycles. The Morgan fingerprint density at radius 1 is 0.977 bits per heavy atom. The van der Waals surface area contributed by atoms with Gasteiger partial charge in [-0.2, -0.15) is 0 Å². The molecule has 7 nitrogen and oxygen atoms in total. The maximum absolute atomic E-state index is 14.5. The first-order chi connectivity index (χ1) is 20.0. The third-order valence-corrected chi connectivity index (χ3v) is 10.3. The number of aliphatic hydroxyl groups is 1. The number of carbonyl (C=O) groups is 5. The third-order valence-electron chi connectivity index (χ3n) is 10.3. The van der Waals surface area contributed by atoms with Crippen molar-refractivity contribution in [1.82, 2.24) is 0 Å². The molecule has 2 N–H and O–H groups in total. The van der Waals surface area contributed by atoms with Crippen molar-refractivity contribution in [3.05, 3.63) is 64.2 Å². The second kappa shape index (κ2) is 10.2. The molecule has 5 rings (SSSR count). The monoisotopic (exact) mass is 584 g/mol. The largest absolute Gasteiger partial charge is 0.507 e. The van der Waals surface area contributed by atoms with E-state index in [1.54, 1.807) is 33.8 Å². The number of Topliss-reactive ketones (excluding diaryl/α,β-unsaturated/α-hetero) is 5. The molecule has 226 valence electrons. The molecule has 0 spiro atoms. The van der Waals surface area contributed by atoms with Crippen LogP contribution in [0.25, 0.3) is 12.2 Å². The van der Waals surface area contributed by atoms with Gasteiger partial charge in [0.2, 0.25) is 0 Å². The number of rotatable bonds is 5. The van der Waals surface area contributed by atoms with Crippen LogP contribution in [0.15, 0.2) is 36.4 Å². The summed E-state index contributed by atoms with van der Waals surface area (Å²) in [6.45, 7) is 12.0. The lowest BCUT2D eigenvalue weighted by atomic mass is 9.39. The van der Waals surface area contributed by atoms with E-state index >= 15 is 0 Å². The van der Waals surface area contributed by atoms with Gasteiger partial charge in [0.15, 0.2) is 28.7 Å². The van der Waals surface area contributed by atoms with Crippen molar-refractivity contribution in [2.24, 2.45) is 34.5 Å². The van der Waals surface area contributed by atoms with Crippen LogP contribution in [-0.4, -0.2) is 44.7 Å². The smallest absolute Gasteiger partial charge is 0.190 e. The van der Waals surface area contributed by atoms with E-state index in [1.807, 2.05) is 56.3 Å².